The van der Waals surface area contributed by atoms with Crippen LogP contribution in [0.1, 0.15) is 17.4 Å². The van der Waals surface area contributed by atoms with E-state index in [2.05, 4.69) is 10.3 Å². The van der Waals surface area contributed by atoms with Gasteiger partial charge in [0.1, 0.15) is 5.69 Å². The highest BCUT2D eigenvalue weighted by Crippen LogP contribution is 2.33. The predicted molar refractivity (Wildman–Crippen MR) is 89.4 cm³/mol. The van der Waals surface area contributed by atoms with E-state index < -0.39 is 10.9 Å². The first-order valence-electron chi connectivity index (χ1n) is 7.55. The highest BCUT2D eigenvalue weighted by atomic mass is 16.6. The van der Waals surface area contributed by atoms with Gasteiger partial charge < -0.3 is 4.74 Å². The van der Waals surface area contributed by atoms with Gasteiger partial charge in [0, 0.05) is 6.07 Å². The third kappa shape index (κ3) is 3.09. The van der Waals surface area contributed by atoms with E-state index in [0.717, 1.165) is 0 Å². The van der Waals surface area contributed by atoms with E-state index in [9.17, 15) is 14.9 Å². The lowest BCUT2D eigenvalue weighted by Gasteiger charge is -2.08. The third-order valence-corrected chi connectivity index (χ3v) is 3.50. The van der Waals surface area contributed by atoms with Crippen molar-refractivity contribution in [2.24, 2.45) is 0 Å². The van der Waals surface area contributed by atoms with Crippen LogP contribution in [-0.2, 0) is 4.74 Å². The molecule has 0 radical (unpaired) electrons. The molecule has 0 saturated heterocycles. The molecule has 0 aliphatic heterocycles. The topological polar surface area (TPSA) is 100 Å². The van der Waals surface area contributed by atoms with Crippen molar-refractivity contribution in [2.45, 2.75) is 6.92 Å². The van der Waals surface area contributed by atoms with Gasteiger partial charge >= 0.3 is 5.97 Å². The molecule has 25 heavy (non-hydrogen) atoms. The van der Waals surface area contributed by atoms with Crippen LogP contribution in [0.15, 0.2) is 54.6 Å². The Morgan fingerprint density at radius 3 is 2.52 bits per heavy atom. The van der Waals surface area contributed by atoms with Gasteiger partial charge in [0.05, 0.1) is 22.8 Å². The summed E-state index contributed by atoms with van der Waals surface area (Å²) in [5, 5.41) is 19.3. The van der Waals surface area contributed by atoms with Crippen LogP contribution in [0.3, 0.4) is 0 Å². The van der Waals surface area contributed by atoms with Crippen molar-refractivity contribution in [3.05, 3.63) is 70.4 Å². The summed E-state index contributed by atoms with van der Waals surface area (Å²) in [6.45, 7) is 1.83. The molecule has 8 heteroatoms. The molecule has 0 amide bonds. The number of para-hydroxylation sites is 2. The van der Waals surface area contributed by atoms with E-state index in [1.807, 2.05) is 6.07 Å². The number of benzene rings is 2. The van der Waals surface area contributed by atoms with Crippen LogP contribution in [0.25, 0.3) is 16.9 Å². The second kappa shape index (κ2) is 6.91. The van der Waals surface area contributed by atoms with Crippen molar-refractivity contribution >= 4 is 11.7 Å². The first-order chi connectivity index (χ1) is 12.1. The Bertz CT molecular complexity index is 921. The van der Waals surface area contributed by atoms with Gasteiger partial charge in [0.25, 0.3) is 5.69 Å². The molecule has 8 nitrogen and oxygen atoms in total. The minimum Gasteiger partial charge on any atom is -0.461 e. The predicted octanol–water partition coefficient (Wildman–Crippen LogP) is 3.02. The number of nitro groups is 1. The van der Waals surface area contributed by atoms with Crippen LogP contribution >= 0.6 is 0 Å². The summed E-state index contributed by atoms with van der Waals surface area (Å²) in [5.74, 6) is -0.683. The maximum atomic E-state index is 12.3. The maximum absolute atomic E-state index is 12.3. The van der Waals surface area contributed by atoms with E-state index in [1.54, 1.807) is 49.4 Å². The van der Waals surface area contributed by atoms with Crippen LogP contribution in [0.4, 0.5) is 5.69 Å². The Morgan fingerprint density at radius 2 is 1.84 bits per heavy atom. The number of nitro benzene ring substituents is 1. The average molecular weight is 338 g/mol. The summed E-state index contributed by atoms with van der Waals surface area (Å²) in [6.07, 6.45) is 0. The van der Waals surface area contributed by atoms with Gasteiger partial charge in [-0.1, -0.05) is 35.5 Å². The summed E-state index contributed by atoms with van der Waals surface area (Å²) in [7, 11) is 0. The molecule has 2 aromatic carbocycles. The van der Waals surface area contributed by atoms with Gasteiger partial charge in [-0.25, -0.2) is 9.48 Å². The molecule has 3 rings (SSSR count). The number of rotatable bonds is 5. The number of carbonyl (C=O) groups excluding carboxylic acids is 1. The van der Waals surface area contributed by atoms with Gasteiger partial charge in [0.15, 0.2) is 5.69 Å². The molecule has 0 fully saturated rings. The van der Waals surface area contributed by atoms with Crippen LogP contribution in [0.5, 0.6) is 0 Å². The lowest BCUT2D eigenvalue weighted by Crippen LogP contribution is -2.08. The van der Waals surface area contributed by atoms with Gasteiger partial charge in [-0.3, -0.25) is 10.1 Å². The summed E-state index contributed by atoms with van der Waals surface area (Å²) < 4.78 is 6.41. The second-order valence-electron chi connectivity index (χ2n) is 5.03. The number of ether oxygens (including phenoxy) is 1. The minimum atomic E-state index is -0.683. The molecule has 1 aromatic heterocycles. The molecule has 0 aliphatic carbocycles. The van der Waals surface area contributed by atoms with Crippen molar-refractivity contribution in [3.63, 3.8) is 0 Å². The van der Waals surface area contributed by atoms with Crippen molar-refractivity contribution in [2.75, 3.05) is 6.61 Å². The van der Waals surface area contributed by atoms with Crippen LogP contribution in [0, 0.1) is 10.1 Å². The summed E-state index contributed by atoms with van der Waals surface area (Å²) in [4.78, 5) is 23.2. The van der Waals surface area contributed by atoms with E-state index in [1.165, 1.54) is 10.7 Å². The molecule has 0 spiro atoms. The molecule has 0 aliphatic rings. The monoisotopic (exact) mass is 338 g/mol. The van der Waals surface area contributed by atoms with Gasteiger partial charge in [-0.05, 0) is 25.1 Å². The number of carbonyl (C=O) groups is 1. The fourth-order valence-electron chi connectivity index (χ4n) is 2.44. The van der Waals surface area contributed by atoms with Crippen molar-refractivity contribution in [1.82, 2.24) is 15.0 Å². The van der Waals surface area contributed by atoms with Crippen LogP contribution in [0.2, 0.25) is 0 Å². The largest absolute Gasteiger partial charge is 0.461 e. The fraction of sp³-hybridized carbons (Fsp3) is 0.118. The molecule has 0 saturated carbocycles. The van der Waals surface area contributed by atoms with E-state index in [-0.39, 0.29) is 29.2 Å². The Kier molecular flexibility index (Phi) is 4.51. The third-order valence-electron chi connectivity index (χ3n) is 3.50. The van der Waals surface area contributed by atoms with Crippen LogP contribution < -0.4 is 0 Å². The van der Waals surface area contributed by atoms with Gasteiger partial charge in [-0.2, -0.15) is 0 Å². The lowest BCUT2D eigenvalue weighted by atomic mass is 10.1. The second-order valence-corrected chi connectivity index (χ2v) is 5.03. The molecular formula is C17H14N4O4. The number of esters is 1. The molecule has 3 aromatic rings. The normalized spacial score (nSPS) is 10.4. The van der Waals surface area contributed by atoms with Crippen molar-refractivity contribution in [1.29, 1.82) is 0 Å². The molecule has 0 N–H and O–H groups in total. The van der Waals surface area contributed by atoms with E-state index in [0.29, 0.717) is 5.69 Å². The van der Waals surface area contributed by atoms with Gasteiger partial charge in [-0.15, -0.1) is 5.10 Å². The van der Waals surface area contributed by atoms with Crippen LogP contribution in [-0.4, -0.2) is 32.5 Å². The zero-order valence-corrected chi connectivity index (χ0v) is 13.3. The molecule has 1 heterocycles. The number of hydrogen-bond donors (Lipinski definition) is 0. The summed E-state index contributed by atoms with van der Waals surface area (Å²) >= 11 is 0. The smallest absolute Gasteiger partial charge is 0.361 e. The summed E-state index contributed by atoms with van der Waals surface area (Å²) in [6, 6.07) is 15.1. The number of hydrogen-bond acceptors (Lipinski definition) is 6. The summed E-state index contributed by atoms with van der Waals surface area (Å²) in [5.41, 5.74) is 0.868. The SMILES string of the molecule is CCOC(=O)c1nnn(-c2ccccc2)c1-c1ccccc1[N+](=O)[O-]. The zero-order chi connectivity index (χ0) is 17.8. The highest BCUT2D eigenvalue weighted by molar-refractivity contribution is 5.95. The molecule has 126 valence electrons. The Hall–Kier alpha value is -3.55. The van der Waals surface area contributed by atoms with Crippen molar-refractivity contribution < 1.29 is 14.5 Å². The Labute approximate surface area is 142 Å². The van der Waals surface area contributed by atoms with E-state index >= 15 is 0 Å². The molecule has 0 unspecified atom stereocenters. The Balaban J connectivity index is 2.28. The standard InChI is InChI=1S/C17H14N4O4/c1-2-25-17(22)15-16(13-10-6-7-11-14(13)21(23)24)20(19-18-15)12-8-4-3-5-9-12/h3-11H,2H2,1H3. The van der Waals surface area contributed by atoms with Crippen molar-refractivity contribution in [3.8, 4) is 16.9 Å². The molecule has 0 bridgehead atoms. The molecular weight excluding hydrogens is 324 g/mol. The fourth-order valence-corrected chi connectivity index (χ4v) is 2.44. The number of aromatic nitrogens is 3. The first kappa shape index (κ1) is 16.3. The average Bonchev–Trinajstić information content (AvgIpc) is 3.07. The quantitative estimate of drug-likeness (QED) is 0.403. The highest BCUT2D eigenvalue weighted by Gasteiger charge is 2.28. The minimum absolute atomic E-state index is 0.0694. The maximum Gasteiger partial charge on any atom is 0.361 e. The first-order valence-corrected chi connectivity index (χ1v) is 7.55. The zero-order valence-electron chi connectivity index (χ0n) is 13.3. The van der Waals surface area contributed by atoms with E-state index in [4.69, 9.17) is 4.74 Å². The lowest BCUT2D eigenvalue weighted by molar-refractivity contribution is -0.384. The Morgan fingerprint density at radius 1 is 1.16 bits per heavy atom. The number of nitrogens with zero attached hydrogens (tertiary/aromatic N) is 4. The van der Waals surface area contributed by atoms with Gasteiger partial charge in [0.2, 0.25) is 0 Å². The molecule has 0 atom stereocenters.